The van der Waals surface area contributed by atoms with E-state index < -0.39 is 6.10 Å². The Labute approximate surface area is 203 Å². The highest BCUT2D eigenvalue weighted by Gasteiger charge is 2.24. The number of anilines is 1. The number of aromatic nitrogens is 1. The van der Waals surface area contributed by atoms with Crippen LogP contribution in [0.15, 0.2) is 66.7 Å². The summed E-state index contributed by atoms with van der Waals surface area (Å²) < 4.78 is 27.1. The third kappa shape index (κ3) is 4.35. The predicted octanol–water partition coefficient (Wildman–Crippen LogP) is 5.11. The number of hydrogen-bond donors (Lipinski definition) is 1. The number of fused-ring (bicyclic) bond motifs is 2. The first-order chi connectivity index (χ1) is 16.8. The van der Waals surface area contributed by atoms with Gasteiger partial charge in [0.25, 0.3) is 5.91 Å². The molecule has 1 aliphatic heterocycles. The molecule has 35 heavy (non-hydrogen) atoms. The molecule has 1 N–H and O–H groups in total. The van der Waals surface area contributed by atoms with Crippen molar-refractivity contribution < 1.29 is 23.8 Å². The third-order valence-corrected chi connectivity index (χ3v) is 6.36. The molecule has 1 aromatic heterocycles. The summed E-state index contributed by atoms with van der Waals surface area (Å²) in [6.45, 7) is 4.49. The lowest BCUT2D eigenvalue weighted by Gasteiger charge is -2.33. The number of aryl methyl sites for hydroxylation is 1. The lowest BCUT2D eigenvalue weighted by Crippen LogP contribution is -2.41. The maximum atomic E-state index is 13.5. The lowest BCUT2D eigenvalue weighted by atomic mass is 10.1. The van der Waals surface area contributed by atoms with Gasteiger partial charge in [-0.3, -0.25) is 9.36 Å². The van der Waals surface area contributed by atoms with Crippen molar-refractivity contribution >= 4 is 22.5 Å². The molecule has 0 saturated carbocycles. The SMILES string of the molecule is Cc1cc2c(C(C)O)cccc2n1C(=O)c1ccc(OC[C@@H]2CN(C)c3cc(F)ccc3O2)cc1. The number of likely N-dealkylation sites (N-methyl/N-ethyl adjacent to an activating group) is 1. The zero-order valence-electron chi connectivity index (χ0n) is 19.9. The molecule has 0 bridgehead atoms. The first kappa shape index (κ1) is 22.9. The predicted molar refractivity (Wildman–Crippen MR) is 133 cm³/mol. The van der Waals surface area contributed by atoms with Gasteiger partial charge in [-0.2, -0.15) is 0 Å². The van der Waals surface area contributed by atoms with Crippen LogP contribution in [-0.4, -0.2) is 41.9 Å². The second-order valence-corrected chi connectivity index (χ2v) is 8.95. The Bertz CT molecular complexity index is 1390. The van der Waals surface area contributed by atoms with E-state index in [1.165, 1.54) is 12.1 Å². The number of carbonyl (C=O) groups excluding carboxylic acids is 1. The lowest BCUT2D eigenvalue weighted by molar-refractivity contribution is 0.0962. The minimum atomic E-state index is -0.622. The average Bonchev–Trinajstić information content (AvgIpc) is 3.18. The number of hydrogen-bond acceptors (Lipinski definition) is 5. The van der Waals surface area contributed by atoms with Crippen LogP contribution in [0.2, 0.25) is 0 Å². The van der Waals surface area contributed by atoms with Crippen LogP contribution in [0.5, 0.6) is 11.5 Å². The molecule has 0 spiro atoms. The fourth-order valence-corrected chi connectivity index (χ4v) is 4.63. The van der Waals surface area contributed by atoms with Crippen LogP contribution in [0, 0.1) is 12.7 Å². The number of aliphatic hydroxyl groups excluding tert-OH is 1. The zero-order chi connectivity index (χ0) is 24.7. The number of ether oxygens (including phenoxy) is 2. The van der Waals surface area contributed by atoms with Crippen LogP contribution in [-0.2, 0) is 0 Å². The second kappa shape index (κ2) is 9.07. The maximum absolute atomic E-state index is 13.5. The van der Waals surface area contributed by atoms with E-state index in [9.17, 15) is 14.3 Å². The van der Waals surface area contributed by atoms with Gasteiger partial charge in [-0.1, -0.05) is 12.1 Å². The van der Waals surface area contributed by atoms with Gasteiger partial charge in [-0.25, -0.2) is 4.39 Å². The Hall–Kier alpha value is -3.84. The number of carbonyl (C=O) groups is 1. The summed E-state index contributed by atoms with van der Waals surface area (Å²) in [5, 5.41) is 11.0. The van der Waals surface area contributed by atoms with Crippen LogP contribution < -0.4 is 14.4 Å². The van der Waals surface area contributed by atoms with E-state index in [2.05, 4.69) is 0 Å². The largest absolute Gasteiger partial charge is 0.490 e. The maximum Gasteiger partial charge on any atom is 0.262 e. The quantitative estimate of drug-likeness (QED) is 0.436. The van der Waals surface area contributed by atoms with E-state index in [0.29, 0.717) is 30.2 Å². The number of halogens is 1. The highest BCUT2D eigenvalue weighted by Crippen LogP contribution is 2.33. The number of benzene rings is 3. The van der Waals surface area contributed by atoms with Crippen molar-refractivity contribution in [3.63, 3.8) is 0 Å². The average molecular weight is 475 g/mol. The van der Waals surface area contributed by atoms with E-state index in [0.717, 1.165) is 27.8 Å². The Balaban J connectivity index is 1.29. The Morgan fingerprint density at radius 3 is 2.69 bits per heavy atom. The monoisotopic (exact) mass is 474 g/mol. The summed E-state index contributed by atoms with van der Waals surface area (Å²) in [6, 6.07) is 19.0. The first-order valence-corrected chi connectivity index (χ1v) is 11.6. The van der Waals surface area contributed by atoms with E-state index in [1.54, 1.807) is 41.8 Å². The van der Waals surface area contributed by atoms with Gasteiger partial charge >= 0.3 is 0 Å². The van der Waals surface area contributed by atoms with Crippen molar-refractivity contribution in [3.8, 4) is 11.5 Å². The topological polar surface area (TPSA) is 63.9 Å². The molecule has 5 rings (SSSR count). The van der Waals surface area contributed by atoms with Gasteiger partial charge in [-0.05, 0) is 67.9 Å². The molecule has 0 amide bonds. The molecular weight excluding hydrogens is 447 g/mol. The summed E-state index contributed by atoms with van der Waals surface area (Å²) in [5.74, 6) is 0.814. The first-order valence-electron chi connectivity index (χ1n) is 11.6. The minimum Gasteiger partial charge on any atom is -0.490 e. The summed E-state index contributed by atoms with van der Waals surface area (Å²) in [5.41, 5.74) is 3.62. The summed E-state index contributed by atoms with van der Waals surface area (Å²) in [6.07, 6.45) is -0.834. The molecule has 0 fully saturated rings. The normalized spacial score (nSPS) is 16.0. The highest BCUT2D eigenvalue weighted by atomic mass is 19.1. The Kier molecular flexibility index (Phi) is 5.94. The molecule has 180 valence electrons. The van der Waals surface area contributed by atoms with Gasteiger partial charge in [0.2, 0.25) is 0 Å². The zero-order valence-corrected chi connectivity index (χ0v) is 19.9. The minimum absolute atomic E-state index is 0.145. The summed E-state index contributed by atoms with van der Waals surface area (Å²) in [7, 11) is 1.89. The molecular formula is C28H27FN2O4. The Morgan fingerprint density at radius 2 is 1.94 bits per heavy atom. The van der Waals surface area contributed by atoms with Crippen molar-refractivity contribution in [2.24, 2.45) is 0 Å². The van der Waals surface area contributed by atoms with Crippen molar-refractivity contribution in [2.75, 3.05) is 25.1 Å². The van der Waals surface area contributed by atoms with Gasteiger partial charge in [0, 0.05) is 29.8 Å². The Morgan fingerprint density at radius 1 is 1.17 bits per heavy atom. The van der Waals surface area contributed by atoms with Crippen molar-refractivity contribution in [2.45, 2.75) is 26.1 Å². The van der Waals surface area contributed by atoms with Crippen LogP contribution in [0.4, 0.5) is 10.1 Å². The highest BCUT2D eigenvalue weighted by molar-refractivity contribution is 6.03. The fraction of sp³-hybridized carbons (Fsp3) is 0.250. The van der Waals surface area contributed by atoms with E-state index in [1.807, 2.05) is 43.1 Å². The fourth-order valence-electron chi connectivity index (χ4n) is 4.63. The van der Waals surface area contributed by atoms with Crippen LogP contribution in [0.25, 0.3) is 10.9 Å². The smallest absolute Gasteiger partial charge is 0.262 e. The third-order valence-electron chi connectivity index (χ3n) is 6.36. The van der Waals surface area contributed by atoms with Gasteiger partial charge in [0.15, 0.2) is 0 Å². The summed E-state index contributed by atoms with van der Waals surface area (Å²) >= 11 is 0. The molecule has 2 heterocycles. The van der Waals surface area contributed by atoms with Gasteiger partial charge in [-0.15, -0.1) is 0 Å². The van der Waals surface area contributed by atoms with Crippen molar-refractivity contribution in [3.05, 3.63) is 89.4 Å². The van der Waals surface area contributed by atoms with Gasteiger partial charge in [0.05, 0.1) is 23.9 Å². The van der Waals surface area contributed by atoms with Crippen LogP contribution >= 0.6 is 0 Å². The molecule has 3 aromatic carbocycles. The number of nitrogens with zero attached hydrogens (tertiary/aromatic N) is 2. The van der Waals surface area contributed by atoms with E-state index in [-0.39, 0.29) is 17.8 Å². The molecule has 1 unspecified atom stereocenters. The standard InChI is InChI=1S/C28H27FN2O4/c1-17-13-24-23(18(2)32)5-4-6-25(24)31(17)28(33)19-7-10-21(11-8-19)34-16-22-15-30(3)26-14-20(29)9-12-27(26)35-22/h4-14,18,22,32H,15-16H2,1-3H3/t18?,22-/m0/s1. The molecule has 1 aliphatic rings. The van der Waals surface area contributed by atoms with Gasteiger partial charge in [0.1, 0.15) is 30.0 Å². The summed E-state index contributed by atoms with van der Waals surface area (Å²) in [4.78, 5) is 15.3. The van der Waals surface area contributed by atoms with E-state index >= 15 is 0 Å². The van der Waals surface area contributed by atoms with Crippen LogP contribution in [0.3, 0.4) is 0 Å². The van der Waals surface area contributed by atoms with Crippen molar-refractivity contribution in [1.82, 2.24) is 4.57 Å². The molecule has 7 heteroatoms. The molecule has 4 aromatic rings. The number of aliphatic hydroxyl groups is 1. The molecule has 2 atom stereocenters. The van der Waals surface area contributed by atoms with E-state index in [4.69, 9.17) is 9.47 Å². The van der Waals surface area contributed by atoms with Crippen molar-refractivity contribution in [1.29, 1.82) is 0 Å². The second-order valence-electron chi connectivity index (χ2n) is 8.95. The molecule has 0 radical (unpaired) electrons. The molecule has 0 aliphatic carbocycles. The molecule has 0 saturated heterocycles. The number of rotatable bonds is 5. The molecule has 6 nitrogen and oxygen atoms in total. The van der Waals surface area contributed by atoms with Crippen LogP contribution in [0.1, 0.15) is 34.6 Å². The van der Waals surface area contributed by atoms with Gasteiger partial charge < -0.3 is 19.5 Å².